The summed E-state index contributed by atoms with van der Waals surface area (Å²) >= 11 is 0. The first kappa shape index (κ1) is 12.1. The minimum Gasteiger partial charge on any atom is -0.381 e. The summed E-state index contributed by atoms with van der Waals surface area (Å²) in [5.74, 6) is 0.157. The Balaban J connectivity index is 2.08. The molecule has 1 aliphatic rings. The zero-order valence-corrected chi connectivity index (χ0v) is 10.3. The molecule has 0 bridgehead atoms. The summed E-state index contributed by atoms with van der Waals surface area (Å²) in [6.45, 7) is 0.894. The Kier molecular flexibility index (Phi) is 3.45. The standard InChI is InChI=1S/C13H18N2O2/c1-14(9-16)6-5-10-3-4-12-11(7-10)8-13(17)15(12)2/h3-4,7,16H,5-6,8-9H2,1-2H3. The van der Waals surface area contributed by atoms with Crippen LogP contribution in [-0.4, -0.2) is 43.3 Å². The maximum atomic E-state index is 11.5. The van der Waals surface area contributed by atoms with Crippen LogP contribution in [0.25, 0.3) is 0 Å². The van der Waals surface area contributed by atoms with Gasteiger partial charge in [0.1, 0.15) is 0 Å². The lowest BCUT2D eigenvalue weighted by molar-refractivity contribution is -0.117. The van der Waals surface area contributed by atoms with Gasteiger partial charge >= 0.3 is 0 Å². The molecule has 17 heavy (non-hydrogen) atoms. The van der Waals surface area contributed by atoms with E-state index in [9.17, 15) is 4.79 Å². The van der Waals surface area contributed by atoms with E-state index in [-0.39, 0.29) is 12.6 Å². The summed E-state index contributed by atoms with van der Waals surface area (Å²) in [6.07, 6.45) is 1.40. The second-order valence-corrected chi connectivity index (χ2v) is 4.56. The van der Waals surface area contributed by atoms with E-state index >= 15 is 0 Å². The van der Waals surface area contributed by atoms with Crippen molar-refractivity contribution in [2.75, 3.05) is 32.3 Å². The fourth-order valence-corrected chi connectivity index (χ4v) is 2.07. The van der Waals surface area contributed by atoms with Gasteiger partial charge in [0.2, 0.25) is 5.91 Å². The highest BCUT2D eigenvalue weighted by Crippen LogP contribution is 2.28. The Hall–Kier alpha value is -1.39. The molecule has 1 N–H and O–H groups in total. The number of carbonyl (C=O) groups excluding carboxylic acids is 1. The fourth-order valence-electron chi connectivity index (χ4n) is 2.07. The van der Waals surface area contributed by atoms with Crippen LogP contribution in [0, 0.1) is 0 Å². The quantitative estimate of drug-likeness (QED) is 0.777. The van der Waals surface area contributed by atoms with Crippen LogP contribution in [0.1, 0.15) is 11.1 Å². The van der Waals surface area contributed by atoms with E-state index in [0.29, 0.717) is 6.42 Å². The van der Waals surface area contributed by atoms with Crippen LogP contribution in [0.2, 0.25) is 0 Å². The molecule has 4 nitrogen and oxygen atoms in total. The molecule has 0 aliphatic carbocycles. The van der Waals surface area contributed by atoms with Crippen LogP contribution in [0.3, 0.4) is 0 Å². The molecule has 2 rings (SSSR count). The number of aliphatic hydroxyl groups excluding tert-OH is 1. The molecule has 0 saturated heterocycles. The number of aliphatic hydroxyl groups is 1. The van der Waals surface area contributed by atoms with Crippen molar-refractivity contribution in [2.24, 2.45) is 0 Å². The summed E-state index contributed by atoms with van der Waals surface area (Å²) in [7, 11) is 3.69. The Labute approximate surface area is 101 Å². The molecule has 0 aromatic heterocycles. The molecular weight excluding hydrogens is 216 g/mol. The minimum atomic E-state index is 0.0756. The number of nitrogens with zero attached hydrogens (tertiary/aromatic N) is 2. The van der Waals surface area contributed by atoms with E-state index in [4.69, 9.17) is 5.11 Å². The van der Waals surface area contributed by atoms with Gasteiger partial charge in [-0.2, -0.15) is 0 Å². The van der Waals surface area contributed by atoms with Gasteiger partial charge in [-0.15, -0.1) is 0 Å². The van der Waals surface area contributed by atoms with Crippen LogP contribution >= 0.6 is 0 Å². The van der Waals surface area contributed by atoms with Gasteiger partial charge in [-0.05, 0) is 30.7 Å². The van der Waals surface area contributed by atoms with Gasteiger partial charge in [-0.1, -0.05) is 12.1 Å². The number of hydrogen-bond donors (Lipinski definition) is 1. The molecular formula is C13H18N2O2. The molecule has 1 aliphatic heterocycles. The SMILES string of the molecule is CN(CO)CCc1ccc2c(c1)CC(=O)N2C. The number of carbonyl (C=O) groups is 1. The highest BCUT2D eigenvalue weighted by molar-refractivity contribution is 6.00. The molecule has 0 spiro atoms. The van der Waals surface area contributed by atoms with Crippen LogP contribution < -0.4 is 4.90 Å². The highest BCUT2D eigenvalue weighted by atomic mass is 16.3. The van der Waals surface area contributed by atoms with Gasteiger partial charge in [0, 0.05) is 19.3 Å². The Morgan fingerprint density at radius 1 is 1.47 bits per heavy atom. The van der Waals surface area contributed by atoms with Crippen LogP contribution in [0.15, 0.2) is 18.2 Å². The van der Waals surface area contributed by atoms with E-state index in [1.54, 1.807) is 4.90 Å². The number of anilines is 1. The van der Waals surface area contributed by atoms with E-state index in [0.717, 1.165) is 24.2 Å². The fraction of sp³-hybridized carbons (Fsp3) is 0.462. The highest BCUT2D eigenvalue weighted by Gasteiger charge is 2.23. The van der Waals surface area contributed by atoms with Crippen molar-refractivity contribution in [2.45, 2.75) is 12.8 Å². The monoisotopic (exact) mass is 234 g/mol. The van der Waals surface area contributed by atoms with Crippen molar-refractivity contribution in [3.63, 3.8) is 0 Å². The summed E-state index contributed by atoms with van der Waals surface area (Å²) in [5, 5.41) is 8.91. The van der Waals surface area contributed by atoms with Gasteiger partial charge in [-0.25, -0.2) is 0 Å². The Morgan fingerprint density at radius 2 is 2.24 bits per heavy atom. The van der Waals surface area contributed by atoms with Crippen molar-refractivity contribution in [3.05, 3.63) is 29.3 Å². The normalized spacial score (nSPS) is 14.6. The maximum Gasteiger partial charge on any atom is 0.231 e. The number of likely N-dealkylation sites (N-methyl/N-ethyl adjacent to an activating group) is 2. The van der Waals surface area contributed by atoms with Gasteiger partial charge < -0.3 is 10.0 Å². The van der Waals surface area contributed by atoms with Crippen LogP contribution in [-0.2, 0) is 17.6 Å². The Morgan fingerprint density at radius 3 is 2.94 bits per heavy atom. The molecule has 1 aromatic rings. The number of hydrogen-bond acceptors (Lipinski definition) is 3. The Bertz CT molecular complexity index is 431. The zero-order valence-electron chi connectivity index (χ0n) is 10.3. The predicted molar refractivity (Wildman–Crippen MR) is 67.0 cm³/mol. The van der Waals surface area contributed by atoms with Crippen molar-refractivity contribution in [1.29, 1.82) is 0 Å². The summed E-state index contributed by atoms with van der Waals surface area (Å²) in [6, 6.07) is 6.16. The average Bonchev–Trinajstić information content (AvgIpc) is 2.62. The minimum absolute atomic E-state index is 0.0756. The molecule has 92 valence electrons. The zero-order chi connectivity index (χ0) is 12.4. The lowest BCUT2D eigenvalue weighted by Crippen LogP contribution is -2.22. The lowest BCUT2D eigenvalue weighted by atomic mass is 10.1. The van der Waals surface area contributed by atoms with Crippen LogP contribution in [0.4, 0.5) is 5.69 Å². The lowest BCUT2D eigenvalue weighted by Gasteiger charge is -2.14. The number of amides is 1. The molecule has 0 saturated carbocycles. The molecule has 0 atom stereocenters. The van der Waals surface area contributed by atoms with E-state index < -0.39 is 0 Å². The smallest absolute Gasteiger partial charge is 0.231 e. The summed E-state index contributed by atoms with van der Waals surface area (Å²) in [4.78, 5) is 15.1. The third-order valence-corrected chi connectivity index (χ3v) is 3.24. The van der Waals surface area contributed by atoms with Crippen molar-refractivity contribution < 1.29 is 9.90 Å². The molecule has 1 aromatic carbocycles. The van der Waals surface area contributed by atoms with Gasteiger partial charge in [-0.3, -0.25) is 9.69 Å². The molecule has 1 heterocycles. The first-order valence-corrected chi connectivity index (χ1v) is 5.79. The first-order chi connectivity index (χ1) is 8.11. The molecule has 0 fully saturated rings. The van der Waals surface area contributed by atoms with E-state index in [1.165, 1.54) is 5.56 Å². The third-order valence-electron chi connectivity index (χ3n) is 3.24. The number of benzene rings is 1. The average molecular weight is 234 g/mol. The topological polar surface area (TPSA) is 43.8 Å². The van der Waals surface area contributed by atoms with Crippen molar-refractivity contribution in [3.8, 4) is 0 Å². The molecule has 0 radical (unpaired) electrons. The maximum absolute atomic E-state index is 11.5. The van der Waals surface area contributed by atoms with Gasteiger partial charge in [0.15, 0.2) is 0 Å². The molecule has 0 unspecified atom stereocenters. The van der Waals surface area contributed by atoms with Crippen molar-refractivity contribution >= 4 is 11.6 Å². The summed E-state index contributed by atoms with van der Waals surface area (Å²) in [5.41, 5.74) is 3.35. The van der Waals surface area contributed by atoms with Gasteiger partial charge in [0.05, 0.1) is 13.2 Å². The number of fused-ring (bicyclic) bond motifs is 1. The molecule has 4 heteroatoms. The van der Waals surface area contributed by atoms with Crippen molar-refractivity contribution in [1.82, 2.24) is 4.90 Å². The summed E-state index contributed by atoms with van der Waals surface area (Å²) < 4.78 is 0. The van der Waals surface area contributed by atoms with Crippen LogP contribution in [0.5, 0.6) is 0 Å². The van der Waals surface area contributed by atoms with Gasteiger partial charge in [0.25, 0.3) is 0 Å². The predicted octanol–water partition coefficient (Wildman–Crippen LogP) is 0.630. The van der Waals surface area contributed by atoms with E-state index in [1.807, 2.05) is 25.1 Å². The second-order valence-electron chi connectivity index (χ2n) is 4.56. The molecule has 1 amide bonds. The second kappa shape index (κ2) is 4.85. The largest absolute Gasteiger partial charge is 0.381 e. The van der Waals surface area contributed by atoms with E-state index in [2.05, 4.69) is 12.1 Å². The first-order valence-electron chi connectivity index (χ1n) is 5.79. The number of rotatable bonds is 4. The third kappa shape index (κ3) is 2.48.